The predicted molar refractivity (Wildman–Crippen MR) is 80.7 cm³/mol. The molecule has 0 atom stereocenters. The number of nitrogens with two attached hydrogens (primary N) is 1. The second-order valence-electron chi connectivity index (χ2n) is 5.16. The molecule has 0 fully saturated rings. The molecule has 112 valence electrons. The number of esters is 1. The first-order chi connectivity index (χ1) is 9.13. The topological polar surface area (TPSA) is 52.3 Å². The van der Waals surface area contributed by atoms with Gasteiger partial charge in [-0.2, -0.15) is 0 Å². The van der Waals surface area contributed by atoms with Gasteiger partial charge in [0.05, 0.1) is 12.2 Å². The van der Waals surface area contributed by atoms with Crippen molar-refractivity contribution in [3.8, 4) is 0 Å². The van der Waals surface area contributed by atoms with Gasteiger partial charge >= 0.3 is 5.97 Å². The molecule has 0 bridgehead atoms. The van der Waals surface area contributed by atoms with Gasteiger partial charge in [-0.1, -0.05) is 52.4 Å². The van der Waals surface area contributed by atoms with E-state index in [0.29, 0.717) is 17.9 Å². The first-order valence-corrected chi connectivity index (χ1v) is 7.75. The summed E-state index contributed by atoms with van der Waals surface area (Å²) >= 11 is 0. The summed E-state index contributed by atoms with van der Waals surface area (Å²) in [5.74, 6) is -0.246. The number of carbonyl (C=O) groups excluding carboxylic acids is 1. The Hall–Kier alpha value is -0.990. The molecule has 0 heterocycles. The van der Waals surface area contributed by atoms with Crippen molar-refractivity contribution >= 4 is 5.97 Å². The smallest absolute Gasteiger partial charge is 0.335 e. The first kappa shape index (κ1) is 18.0. The lowest BCUT2D eigenvalue weighted by atomic mass is 10.1. The van der Waals surface area contributed by atoms with Gasteiger partial charge in [0.2, 0.25) is 0 Å². The van der Waals surface area contributed by atoms with Crippen LogP contribution in [0.3, 0.4) is 0 Å². The molecule has 0 rings (SSSR count). The molecule has 0 aliphatic heterocycles. The van der Waals surface area contributed by atoms with Crippen molar-refractivity contribution in [3.63, 3.8) is 0 Å². The Morgan fingerprint density at radius 2 is 1.53 bits per heavy atom. The van der Waals surface area contributed by atoms with Gasteiger partial charge in [0.15, 0.2) is 0 Å². The Morgan fingerprint density at radius 1 is 0.947 bits per heavy atom. The van der Waals surface area contributed by atoms with E-state index >= 15 is 0 Å². The van der Waals surface area contributed by atoms with E-state index in [2.05, 4.69) is 13.8 Å². The molecule has 0 aromatic carbocycles. The van der Waals surface area contributed by atoms with E-state index in [-0.39, 0.29) is 5.97 Å². The largest absolute Gasteiger partial charge is 0.462 e. The zero-order chi connectivity index (χ0) is 14.5. The Labute approximate surface area is 118 Å². The monoisotopic (exact) mass is 269 g/mol. The van der Waals surface area contributed by atoms with E-state index in [4.69, 9.17) is 10.5 Å². The Morgan fingerprint density at radius 3 is 2.11 bits per heavy atom. The van der Waals surface area contributed by atoms with Crippen LogP contribution in [0.5, 0.6) is 0 Å². The van der Waals surface area contributed by atoms with Crippen molar-refractivity contribution in [1.82, 2.24) is 0 Å². The fourth-order valence-corrected chi connectivity index (χ4v) is 1.86. The highest BCUT2D eigenvalue weighted by molar-refractivity contribution is 5.88. The molecular weight excluding hydrogens is 238 g/mol. The van der Waals surface area contributed by atoms with E-state index in [1.165, 1.54) is 32.1 Å². The van der Waals surface area contributed by atoms with Gasteiger partial charge in [-0.05, 0) is 26.2 Å². The minimum atomic E-state index is -0.246. The number of ether oxygens (including phenoxy) is 1. The van der Waals surface area contributed by atoms with Crippen molar-refractivity contribution in [1.29, 1.82) is 0 Å². The van der Waals surface area contributed by atoms with Crippen molar-refractivity contribution in [3.05, 3.63) is 11.3 Å². The number of hydrogen-bond donors (Lipinski definition) is 1. The maximum Gasteiger partial charge on any atom is 0.335 e. The minimum absolute atomic E-state index is 0.246. The average molecular weight is 269 g/mol. The molecule has 0 amide bonds. The molecule has 2 N–H and O–H groups in total. The molecule has 3 nitrogen and oxygen atoms in total. The highest BCUT2D eigenvalue weighted by atomic mass is 16.5. The molecular formula is C16H31NO2. The highest BCUT2D eigenvalue weighted by Crippen LogP contribution is 2.11. The molecule has 0 radical (unpaired) electrons. The van der Waals surface area contributed by atoms with Gasteiger partial charge in [0, 0.05) is 5.70 Å². The molecule has 0 aliphatic rings. The molecule has 0 aromatic rings. The van der Waals surface area contributed by atoms with Crippen LogP contribution in [0.2, 0.25) is 0 Å². The normalized spacial score (nSPS) is 12.2. The second-order valence-corrected chi connectivity index (χ2v) is 5.16. The van der Waals surface area contributed by atoms with E-state index in [1.807, 2.05) is 0 Å². The molecule has 0 saturated carbocycles. The van der Waals surface area contributed by atoms with Crippen LogP contribution in [-0.2, 0) is 9.53 Å². The fourth-order valence-electron chi connectivity index (χ4n) is 1.86. The van der Waals surface area contributed by atoms with Crippen LogP contribution in [0.4, 0.5) is 0 Å². The van der Waals surface area contributed by atoms with E-state index in [0.717, 1.165) is 25.7 Å². The van der Waals surface area contributed by atoms with Gasteiger partial charge in [0.1, 0.15) is 0 Å². The van der Waals surface area contributed by atoms with Gasteiger partial charge < -0.3 is 10.5 Å². The van der Waals surface area contributed by atoms with Crippen LogP contribution in [0.15, 0.2) is 11.3 Å². The third-order valence-corrected chi connectivity index (χ3v) is 3.32. The second kappa shape index (κ2) is 12.1. The molecule has 19 heavy (non-hydrogen) atoms. The summed E-state index contributed by atoms with van der Waals surface area (Å²) in [6.45, 7) is 6.63. The van der Waals surface area contributed by atoms with Crippen molar-refractivity contribution < 1.29 is 9.53 Å². The lowest BCUT2D eigenvalue weighted by Crippen LogP contribution is -2.13. The Kier molecular flexibility index (Phi) is 11.4. The average Bonchev–Trinajstić information content (AvgIpc) is 2.42. The minimum Gasteiger partial charge on any atom is -0.462 e. The molecule has 0 spiro atoms. The highest BCUT2D eigenvalue weighted by Gasteiger charge is 2.09. The van der Waals surface area contributed by atoms with Crippen LogP contribution in [0, 0.1) is 0 Å². The first-order valence-electron chi connectivity index (χ1n) is 7.75. The third kappa shape index (κ3) is 9.57. The molecule has 0 unspecified atom stereocenters. The van der Waals surface area contributed by atoms with Gasteiger partial charge in [-0.25, -0.2) is 4.79 Å². The van der Waals surface area contributed by atoms with Gasteiger partial charge in [-0.15, -0.1) is 0 Å². The summed E-state index contributed by atoms with van der Waals surface area (Å²) in [5, 5.41) is 0. The standard InChI is InChI=1S/C16H31NO2/c1-4-6-8-10-12-15(17)14(3)16(18)19-13-11-9-7-5-2/h4-13,17H2,1-3H3. The molecule has 0 saturated heterocycles. The van der Waals surface area contributed by atoms with E-state index < -0.39 is 0 Å². The molecule has 0 aromatic heterocycles. The number of hydrogen-bond acceptors (Lipinski definition) is 3. The maximum absolute atomic E-state index is 11.7. The summed E-state index contributed by atoms with van der Waals surface area (Å²) in [5.41, 5.74) is 7.21. The van der Waals surface area contributed by atoms with Crippen LogP contribution < -0.4 is 5.73 Å². The molecule has 0 aliphatic carbocycles. The van der Waals surface area contributed by atoms with Crippen molar-refractivity contribution in [2.75, 3.05) is 6.61 Å². The zero-order valence-corrected chi connectivity index (χ0v) is 13.0. The Balaban J connectivity index is 3.87. The fraction of sp³-hybridized carbons (Fsp3) is 0.812. The van der Waals surface area contributed by atoms with Crippen molar-refractivity contribution in [2.24, 2.45) is 5.73 Å². The number of unbranched alkanes of at least 4 members (excludes halogenated alkanes) is 6. The van der Waals surface area contributed by atoms with Gasteiger partial charge in [-0.3, -0.25) is 0 Å². The van der Waals surface area contributed by atoms with Crippen LogP contribution in [0.1, 0.15) is 78.6 Å². The maximum atomic E-state index is 11.7. The quantitative estimate of drug-likeness (QED) is 0.345. The summed E-state index contributed by atoms with van der Waals surface area (Å²) in [6.07, 6.45) is 9.94. The number of rotatable bonds is 11. The van der Waals surface area contributed by atoms with Crippen LogP contribution in [-0.4, -0.2) is 12.6 Å². The van der Waals surface area contributed by atoms with E-state index in [1.54, 1.807) is 6.92 Å². The zero-order valence-electron chi connectivity index (χ0n) is 13.0. The van der Waals surface area contributed by atoms with Gasteiger partial charge in [0.25, 0.3) is 0 Å². The molecule has 3 heteroatoms. The van der Waals surface area contributed by atoms with E-state index in [9.17, 15) is 4.79 Å². The van der Waals surface area contributed by atoms with Crippen molar-refractivity contribution in [2.45, 2.75) is 78.6 Å². The number of carbonyl (C=O) groups is 1. The summed E-state index contributed by atoms with van der Waals surface area (Å²) in [6, 6.07) is 0. The lowest BCUT2D eigenvalue weighted by Gasteiger charge is -2.08. The summed E-state index contributed by atoms with van der Waals surface area (Å²) < 4.78 is 5.22. The summed E-state index contributed by atoms with van der Waals surface area (Å²) in [7, 11) is 0. The summed E-state index contributed by atoms with van der Waals surface area (Å²) in [4.78, 5) is 11.7. The Bertz CT molecular complexity index is 272. The van der Waals surface area contributed by atoms with Crippen LogP contribution >= 0.6 is 0 Å². The predicted octanol–water partition coefficient (Wildman–Crippen LogP) is 4.31. The van der Waals surface area contributed by atoms with Crippen LogP contribution in [0.25, 0.3) is 0 Å². The SMILES string of the molecule is CCCCCCOC(=O)C(C)=C(N)CCCCCC. The lowest BCUT2D eigenvalue weighted by molar-refractivity contribution is -0.139. The number of allylic oxidation sites excluding steroid dienone is 1. The third-order valence-electron chi connectivity index (χ3n) is 3.32.